The summed E-state index contributed by atoms with van der Waals surface area (Å²) in [5.74, 6) is -0.627. The Morgan fingerprint density at radius 1 is 1.11 bits per heavy atom. The number of carbonyl (C=O) groups is 3. The molecular formula is C28H26N4O6. The molecule has 10 heteroatoms. The standard InChI is InChI=1S/C28H26N4O6/c1-15-21(14-38-32-15)30-26(34)24(18-12-16-4-3-5-22(36-2)23(16)18)25(33)29-17-6-7-19-20(13-17)31-27(35)28(19)8-10-37-11-9-28/h3-7,13-14H,8-12H2,1-2H3,(H,29,33)(H,30,34)(H,31,35). The molecule has 2 aromatic carbocycles. The molecule has 38 heavy (non-hydrogen) atoms. The van der Waals surface area contributed by atoms with Crippen LogP contribution >= 0.6 is 0 Å². The summed E-state index contributed by atoms with van der Waals surface area (Å²) in [4.78, 5) is 40.0. The van der Waals surface area contributed by atoms with Gasteiger partial charge in [0.15, 0.2) is 0 Å². The molecule has 3 heterocycles. The molecular weight excluding hydrogens is 488 g/mol. The van der Waals surface area contributed by atoms with Crippen LogP contribution in [0.2, 0.25) is 0 Å². The van der Waals surface area contributed by atoms with E-state index in [4.69, 9.17) is 14.0 Å². The maximum Gasteiger partial charge on any atom is 0.261 e. The lowest BCUT2D eigenvalue weighted by molar-refractivity contribution is -0.124. The van der Waals surface area contributed by atoms with Crippen molar-refractivity contribution in [2.45, 2.75) is 31.6 Å². The van der Waals surface area contributed by atoms with Gasteiger partial charge in [0.25, 0.3) is 11.8 Å². The van der Waals surface area contributed by atoms with E-state index in [1.807, 2.05) is 18.2 Å². The van der Waals surface area contributed by atoms with Gasteiger partial charge in [0.05, 0.1) is 12.5 Å². The van der Waals surface area contributed by atoms with Crippen molar-refractivity contribution in [3.05, 3.63) is 70.6 Å². The van der Waals surface area contributed by atoms with Gasteiger partial charge >= 0.3 is 0 Å². The Balaban J connectivity index is 1.34. The average molecular weight is 515 g/mol. The van der Waals surface area contributed by atoms with Crippen LogP contribution in [0.1, 0.15) is 35.2 Å². The number of fused-ring (bicyclic) bond motifs is 3. The number of allylic oxidation sites excluding steroid dienone is 1. The molecule has 1 aliphatic carbocycles. The summed E-state index contributed by atoms with van der Waals surface area (Å²) in [6.45, 7) is 2.74. The molecule has 1 spiro atoms. The van der Waals surface area contributed by atoms with Crippen LogP contribution in [0.4, 0.5) is 17.1 Å². The number of methoxy groups -OCH3 is 1. The van der Waals surface area contributed by atoms with Crippen molar-refractivity contribution in [1.29, 1.82) is 0 Å². The third-order valence-electron chi connectivity index (χ3n) is 7.58. The second kappa shape index (κ2) is 9.14. The minimum atomic E-state index is -0.605. The smallest absolute Gasteiger partial charge is 0.261 e. The number of carbonyl (C=O) groups excluding carboxylic acids is 3. The second-order valence-corrected chi connectivity index (χ2v) is 9.66. The second-order valence-electron chi connectivity index (χ2n) is 9.66. The van der Waals surface area contributed by atoms with Gasteiger partial charge in [-0.05, 0) is 61.1 Å². The van der Waals surface area contributed by atoms with Gasteiger partial charge in [0.1, 0.15) is 29.0 Å². The third kappa shape index (κ3) is 3.76. The van der Waals surface area contributed by atoms with Crippen LogP contribution in [0.3, 0.4) is 0 Å². The SMILES string of the molecule is COc1cccc2c1C(=C(C(=O)Nc1ccc3c(c1)NC(=O)C31CCOCC1)C(=O)Nc1conc1C)C2. The fourth-order valence-corrected chi connectivity index (χ4v) is 5.51. The lowest BCUT2D eigenvalue weighted by Gasteiger charge is -2.31. The largest absolute Gasteiger partial charge is 0.496 e. The molecule has 3 N–H and O–H groups in total. The van der Waals surface area contributed by atoms with Crippen molar-refractivity contribution in [3.8, 4) is 5.75 Å². The molecule has 0 unspecified atom stereocenters. The number of aryl methyl sites for hydroxylation is 1. The molecule has 0 saturated carbocycles. The lowest BCUT2D eigenvalue weighted by Crippen LogP contribution is -2.39. The van der Waals surface area contributed by atoms with E-state index in [0.29, 0.717) is 66.6 Å². The predicted molar refractivity (Wildman–Crippen MR) is 139 cm³/mol. The van der Waals surface area contributed by atoms with Crippen molar-refractivity contribution in [2.24, 2.45) is 0 Å². The Bertz CT molecular complexity index is 1520. The first kappa shape index (κ1) is 23.9. The molecule has 3 aromatic rings. The molecule has 1 fully saturated rings. The van der Waals surface area contributed by atoms with Crippen LogP contribution in [0.25, 0.3) is 5.57 Å². The van der Waals surface area contributed by atoms with Gasteiger partial charge in [-0.25, -0.2) is 0 Å². The van der Waals surface area contributed by atoms with Gasteiger partial charge in [-0.15, -0.1) is 0 Å². The molecule has 10 nitrogen and oxygen atoms in total. The van der Waals surface area contributed by atoms with E-state index in [1.165, 1.54) is 6.26 Å². The van der Waals surface area contributed by atoms with Crippen molar-refractivity contribution < 1.29 is 28.4 Å². The quantitative estimate of drug-likeness (QED) is 0.269. The van der Waals surface area contributed by atoms with Gasteiger partial charge in [0.2, 0.25) is 5.91 Å². The zero-order valence-corrected chi connectivity index (χ0v) is 21.0. The maximum atomic E-state index is 13.7. The Morgan fingerprint density at radius 2 is 1.89 bits per heavy atom. The van der Waals surface area contributed by atoms with Crippen LogP contribution < -0.4 is 20.7 Å². The number of nitrogens with zero attached hydrogens (tertiary/aromatic N) is 1. The van der Waals surface area contributed by atoms with Crippen molar-refractivity contribution in [3.63, 3.8) is 0 Å². The number of aromatic nitrogens is 1. The fraction of sp³-hybridized carbons (Fsp3) is 0.286. The highest BCUT2D eigenvalue weighted by Crippen LogP contribution is 2.46. The van der Waals surface area contributed by atoms with Gasteiger partial charge in [-0.2, -0.15) is 0 Å². The predicted octanol–water partition coefficient (Wildman–Crippen LogP) is 3.58. The summed E-state index contributed by atoms with van der Waals surface area (Å²) >= 11 is 0. The molecule has 0 radical (unpaired) electrons. The van der Waals surface area contributed by atoms with Crippen molar-refractivity contribution >= 4 is 40.4 Å². The molecule has 1 aromatic heterocycles. The number of amides is 3. The van der Waals surface area contributed by atoms with E-state index in [1.54, 1.807) is 32.2 Å². The van der Waals surface area contributed by atoms with E-state index in [9.17, 15) is 14.4 Å². The van der Waals surface area contributed by atoms with E-state index in [-0.39, 0.29) is 11.5 Å². The highest BCUT2D eigenvalue weighted by Gasteiger charge is 2.47. The Morgan fingerprint density at radius 3 is 2.63 bits per heavy atom. The minimum Gasteiger partial charge on any atom is -0.496 e. The van der Waals surface area contributed by atoms with Crippen LogP contribution in [-0.2, 0) is 31.0 Å². The van der Waals surface area contributed by atoms with Crippen LogP contribution in [0, 0.1) is 6.92 Å². The minimum absolute atomic E-state index is 0.0342. The summed E-state index contributed by atoms with van der Waals surface area (Å²) in [7, 11) is 1.55. The van der Waals surface area contributed by atoms with Gasteiger partial charge < -0.3 is 29.9 Å². The molecule has 0 bridgehead atoms. The lowest BCUT2D eigenvalue weighted by atomic mass is 9.75. The van der Waals surface area contributed by atoms with E-state index >= 15 is 0 Å². The Kier molecular flexibility index (Phi) is 5.76. The number of ether oxygens (including phenoxy) is 2. The molecule has 1 saturated heterocycles. The molecule has 194 valence electrons. The number of rotatable bonds is 5. The maximum absolute atomic E-state index is 13.7. The number of hydrogen-bond acceptors (Lipinski definition) is 7. The molecule has 2 aliphatic heterocycles. The van der Waals surface area contributed by atoms with Crippen molar-refractivity contribution in [1.82, 2.24) is 5.16 Å². The van der Waals surface area contributed by atoms with Crippen molar-refractivity contribution in [2.75, 3.05) is 36.3 Å². The van der Waals surface area contributed by atoms with Crippen LogP contribution in [-0.4, -0.2) is 43.2 Å². The first-order chi connectivity index (χ1) is 18.4. The number of hydrogen-bond donors (Lipinski definition) is 3. The first-order valence-electron chi connectivity index (χ1n) is 12.4. The summed E-state index contributed by atoms with van der Waals surface area (Å²) in [6, 6.07) is 11.0. The van der Waals surface area contributed by atoms with E-state index in [2.05, 4.69) is 21.1 Å². The van der Waals surface area contributed by atoms with Gasteiger partial charge in [0, 0.05) is 30.2 Å². The van der Waals surface area contributed by atoms with E-state index in [0.717, 1.165) is 16.7 Å². The first-order valence-corrected chi connectivity index (χ1v) is 12.4. The molecule has 0 atom stereocenters. The van der Waals surface area contributed by atoms with Gasteiger partial charge in [-0.1, -0.05) is 23.4 Å². The summed E-state index contributed by atoms with van der Waals surface area (Å²) < 4.78 is 15.9. The van der Waals surface area contributed by atoms with E-state index < -0.39 is 17.2 Å². The number of benzene rings is 2. The summed E-state index contributed by atoms with van der Waals surface area (Å²) in [6.07, 6.45) is 2.98. The van der Waals surface area contributed by atoms with Gasteiger partial charge in [-0.3, -0.25) is 14.4 Å². The topological polar surface area (TPSA) is 132 Å². The molecule has 6 rings (SSSR count). The fourth-order valence-electron chi connectivity index (χ4n) is 5.51. The normalized spacial score (nSPS) is 18.1. The molecule has 3 amide bonds. The van der Waals surface area contributed by atoms with Crippen LogP contribution in [0.15, 0.2) is 52.8 Å². The highest BCUT2D eigenvalue weighted by molar-refractivity contribution is 6.31. The summed E-state index contributed by atoms with van der Waals surface area (Å²) in [5, 5.41) is 12.3. The highest BCUT2D eigenvalue weighted by atomic mass is 16.5. The number of anilines is 3. The van der Waals surface area contributed by atoms with Crippen LogP contribution in [0.5, 0.6) is 5.75 Å². The third-order valence-corrected chi connectivity index (χ3v) is 7.58. The zero-order valence-electron chi connectivity index (χ0n) is 21.0. The molecule has 3 aliphatic rings. The summed E-state index contributed by atoms with van der Waals surface area (Å²) in [5.41, 5.74) is 4.56. The Hall–Kier alpha value is -4.44. The Labute approximate surface area is 218 Å². The average Bonchev–Trinajstić information content (AvgIpc) is 3.41. The number of nitrogens with one attached hydrogen (secondary N) is 3. The monoisotopic (exact) mass is 514 g/mol. The zero-order chi connectivity index (χ0) is 26.4.